The largest absolute Gasteiger partial charge is 0.508 e. The lowest BCUT2D eigenvalue weighted by molar-refractivity contribution is -0.129. The molecule has 2 atom stereocenters. The number of hydrogen-bond donors (Lipinski definition) is 2. The van der Waals surface area contributed by atoms with Gasteiger partial charge in [-0.3, -0.25) is 4.79 Å². The van der Waals surface area contributed by atoms with Crippen LogP contribution in [-0.4, -0.2) is 28.5 Å². The maximum absolute atomic E-state index is 11.7. The Morgan fingerprint density at radius 1 is 1.44 bits per heavy atom. The fourth-order valence-electron chi connectivity index (χ4n) is 2.07. The van der Waals surface area contributed by atoms with Gasteiger partial charge in [-0.1, -0.05) is 12.1 Å². The van der Waals surface area contributed by atoms with E-state index in [1.807, 2.05) is 19.1 Å². The fraction of sp³-hybridized carbons (Fsp3) is 0.417. The summed E-state index contributed by atoms with van der Waals surface area (Å²) in [7, 11) is 0. The van der Waals surface area contributed by atoms with Gasteiger partial charge in [-0.05, 0) is 24.6 Å². The minimum atomic E-state index is -0.0490. The average molecular weight is 220 g/mol. The average Bonchev–Trinajstić information content (AvgIpc) is 2.58. The highest BCUT2D eigenvalue weighted by Gasteiger charge is 2.30. The molecule has 1 saturated heterocycles. The second-order valence-corrected chi connectivity index (χ2v) is 4.28. The Bertz CT molecular complexity index is 389. The van der Waals surface area contributed by atoms with Crippen molar-refractivity contribution in [3.05, 3.63) is 29.8 Å². The minimum Gasteiger partial charge on any atom is -0.508 e. The number of benzene rings is 1. The first-order valence-electron chi connectivity index (χ1n) is 5.42. The molecule has 0 radical (unpaired) electrons. The molecule has 0 saturated carbocycles. The first-order chi connectivity index (χ1) is 7.58. The van der Waals surface area contributed by atoms with Crippen LogP contribution in [-0.2, 0) is 4.79 Å². The van der Waals surface area contributed by atoms with E-state index in [2.05, 4.69) is 0 Å². The van der Waals surface area contributed by atoms with Crippen LogP contribution in [0.1, 0.15) is 24.9 Å². The third-order valence-corrected chi connectivity index (χ3v) is 3.03. The number of phenolic OH excluding ortho intramolecular Hbond substituents is 1. The molecule has 1 heterocycles. The predicted molar refractivity (Wildman–Crippen MR) is 60.8 cm³/mol. The Labute approximate surface area is 94.7 Å². The lowest BCUT2D eigenvalue weighted by atomic mass is 10.1. The zero-order chi connectivity index (χ0) is 11.7. The molecule has 1 aromatic rings. The molecule has 0 bridgehead atoms. The molecule has 0 aromatic heterocycles. The number of hydrogen-bond acceptors (Lipinski definition) is 3. The number of amides is 1. The second kappa shape index (κ2) is 4.14. The SMILES string of the molecule is CC(c1ccc(O)cc1)N1CC(N)CC1=O. The van der Waals surface area contributed by atoms with Crippen molar-refractivity contribution in [3.8, 4) is 5.75 Å². The van der Waals surface area contributed by atoms with E-state index >= 15 is 0 Å². The van der Waals surface area contributed by atoms with E-state index in [0.29, 0.717) is 13.0 Å². The molecule has 1 aliphatic heterocycles. The van der Waals surface area contributed by atoms with Crippen molar-refractivity contribution in [2.45, 2.75) is 25.4 Å². The maximum atomic E-state index is 11.7. The Kier molecular flexibility index (Phi) is 2.83. The number of likely N-dealkylation sites (tertiary alicyclic amines) is 1. The van der Waals surface area contributed by atoms with Gasteiger partial charge in [-0.25, -0.2) is 0 Å². The van der Waals surface area contributed by atoms with Gasteiger partial charge in [0.2, 0.25) is 5.91 Å². The summed E-state index contributed by atoms with van der Waals surface area (Å²) in [6, 6.07) is 6.89. The standard InChI is InChI=1S/C12H16N2O2/c1-8(9-2-4-11(15)5-3-9)14-7-10(13)6-12(14)16/h2-5,8,10,15H,6-7,13H2,1H3. The molecular weight excluding hydrogens is 204 g/mol. The highest BCUT2D eigenvalue weighted by molar-refractivity contribution is 5.79. The zero-order valence-electron chi connectivity index (χ0n) is 9.26. The summed E-state index contributed by atoms with van der Waals surface area (Å²) in [4.78, 5) is 13.5. The molecule has 3 N–H and O–H groups in total. The summed E-state index contributed by atoms with van der Waals surface area (Å²) in [5.74, 6) is 0.341. The van der Waals surface area contributed by atoms with Crippen LogP contribution in [0.4, 0.5) is 0 Å². The quantitative estimate of drug-likeness (QED) is 0.781. The molecule has 2 unspecified atom stereocenters. The Morgan fingerprint density at radius 2 is 2.06 bits per heavy atom. The topological polar surface area (TPSA) is 66.6 Å². The van der Waals surface area contributed by atoms with Crippen molar-refractivity contribution in [2.75, 3.05) is 6.54 Å². The molecule has 1 amide bonds. The molecule has 86 valence electrons. The van der Waals surface area contributed by atoms with Crippen LogP contribution in [0.3, 0.4) is 0 Å². The van der Waals surface area contributed by atoms with Crippen molar-refractivity contribution >= 4 is 5.91 Å². The minimum absolute atomic E-state index is 0.0154. The Balaban J connectivity index is 2.16. The van der Waals surface area contributed by atoms with E-state index in [1.165, 1.54) is 0 Å². The van der Waals surface area contributed by atoms with Crippen LogP contribution in [0.25, 0.3) is 0 Å². The fourth-order valence-corrected chi connectivity index (χ4v) is 2.07. The van der Waals surface area contributed by atoms with Gasteiger partial charge in [0, 0.05) is 19.0 Å². The number of rotatable bonds is 2. The summed E-state index contributed by atoms with van der Waals surface area (Å²) in [6.45, 7) is 2.59. The van der Waals surface area contributed by atoms with Crippen LogP contribution in [0.2, 0.25) is 0 Å². The molecule has 1 aromatic carbocycles. The first-order valence-corrected chi connectivity index (χ1v) is 5.42. The normalized spacial score (nSPS) is 22.5. The number of carbonyl (C=O) groups is 1. The molecule has 16 heavy (non-hydrogen) atoms. The predicted octanol–water partition coefficient (Wildman–Crippen LogP) is 1.01. The van der Waals surface area contributed by atoms with E-state index in [-0.39, 0.29) is 23.7 Å². The van der Waals surface area contributed by atoms with Crippen molar-refractivity contribution in [1.82, 2.24) is 4.90 Å². The van der Waals surface area contributed by atoms with Gasteiger partial charge in [0.15, 0.2) is 0 Å². The Morgan fingerprint density at radius 3 is 2.56 bits per heavy atom. The highest BCUT2D eigenvalue weighted by Crippen LogP contribution is 2.26. The molecule has 0 aliphatic carbocycles. The van der Waals surface area contributed by atoms with Crippen molar-refractivity contribution in [2.24, 2.45) is 5.73 Å². The van der Waals surface area contributed by atoms with Crippen LogP contribution >= 0.6 is 0 Å². The third kappa shape index (κ3) is 2.02. The highest BCUT2D eigenvalue weighted by atomic mass is 16.3. The smallest absolute Gasteiger partial charge is 0.224 e. The van der Waals surface area contributed by atoms with Gasteiger partial charge in [-0.15, -0.1) is 0 Å². The number of nitrogens with zero attached hydrogens (tertiary/aromatic N) is 1. The third-order valence-electron chi connectivity index (χ3n) is 3.03. The lowest BCUT2D eigenvalue weighted by Crippen LogP contribution is -2.30. The molecule has 2 rings (SSSR count). The van der Waals surface area contributed by atoms with Gasteiger partial charge in [0.25, 0.3) is 0 Å². The van der Waals surface area contributed by atoms with Gasteiger partial charge in [-0.2, -0.15) is 0 Å². The van der Waals surface area contributed by atoms with Crippen LogP contribution in [0.15, 0.2) is 24.3 Å². The Hall–Kier alpha value is -1.55. The number of nitrogens with two attached hydrogens (primary N) is 1. The monoisotopic (exact) mass is 220 g/mol. The molecular formula is C12H16N2O2. The molecule has 0 spiro atoms. The van der Waals surface area contributed by atoms with E-state index in [4.69, 9.17) is 5.73 Å². The van der Waals surface area contributed by atoms with E-state index in [0.717, 1.165) is 5.56 Å². The van der Waals surface area contributed by atoms with Crippen LogP contribution < -0.4 is 5.73 Å². The van der Waals surface area contributed by atoms with Crippen molar-refractivity contribution in [3.63, 3.8) is 0 Å². The summed E-state index contributed by atoms with van der Waals surface area (Å²) < 4.78 is 0. The lowest BCUT2D eigenvalue weighted by Gasteiger charge is -2.24. The second-order valence-electron chi connectivity index (χ2n) is 4.28. The van der Waals surface area contributed by atoms with E-state index in [1.54, 1.807) is 17.0 Å². The molecule has 4 heteroatoms. The summed E-state index contributed by atoms with van der Waals surface area (Å²) in [5.41, 5.74) is 6.77. The van der Waals surface area contributed by atoms with E-state index < -0.39 is 0 Å². The first kappa shape index (κ1) is 11.0. The molecule has 4 nitrogen and oxygen atoms in total. The van der Waals surface area contributed by atoms with Crippen molar-refractivity contribution < 1.29 is 9.90 Å². The summed E-state index contributed by atoms with van der Waals surface area (Å²) >= 11 is 0. The number of carbonyl (C=O) groups excluding carboxylic acids is 1. The number of aromatic hydroxyl groups is 1. The van der Waals surface area contributed by atoms with Crippen LogP contribution in [0.5, 0.6) is 5.75 Å². The summed E-state index contributed by atoms with van der Waals surface area (Å²) in [5, 5.41) is 9.20. The molecule has 1 aliphatic rings. The maximum Gasteiger partial charge on any atom is 0.224 e. The van der Waals surface area contributed by atoms with Gasteiger partial charge >= 0.3 is 0 Å². The molecule has 1 fully saturated rings. The van der Waals surface area contributed by atoms with Gasteiger partial charge in [0.1, 0.15) is 5.75 Å². The van der Waals surface area contributed by atoms with Gasteiger partial charge < -0.3 is 15.7 Å². The number of phenols is 1. The van der Waals surface area contributed by atoms with Crippen molar-refractivity contribution in [1.29, 1.82) is 0 Å². The summed E-state index contributed by atoms with van der Waals surface area (Å²) in [6.07, 6.45) is 0.433. The van der Waals surface area contributed by atoms with Crippen LogP contribution in [0, 0.1) is 0 Å². The zero-order valence-corrected chi connectivity index (χ0v) is 9.26. The van der Waals surface area contributed by atoms with Gasteiger partial charge in [0.05, 0.1) is 6.04 Å². The van der Waals surface area contributed by atoms with E-state index in [9.17, 15) is 9.90 Å².